The molecule has 0 aliphatic carbocycles. The van der Waals surface area contributed by atoms with E-state index >= 15 is 0 Å². The van der Waals surface area contributed by atoms with Crippen LogP contribution in [0.4, 0.5) is 0 Å². The van der Waals surface area contributed by atoms with E-state index in [4.69, 9.17) is 14.2 Å². The van der Waals surface area contributed by atoms with Crippen molar-refractivity contribution in [1.82, 2.24) is 0 Å². The first-order chi connectivity index (χ1) is 9.15. The Morgan fingerprint density at radius 1 is 1.42 bits per heavy atom. The van der Waals surface area contributed by atoms with Gasteiger partial charge in [-0.15, -0.1) is 0 Å². The van der Waals surface area contributed by atoms with Gasteiger partial charge in [-0.2, -0.15) is 0 Å². The maximum Gasteiger partial charge on any atom is 0.340 e. The lowest BCUT2D eigenvalue weighted by molar-refractivity contribution is -0.826. The third-order valence-corrected chi connectivity index (χ3v) is 2.92. The molecule has 0 amide bonds. The number of methoxy groups -OCH3 is 1. The van der Waals surface area contributed by atoms with Crippen molar-refractivity contribution in [1.29, 1.82) is 0 Å². The highest BCUT2D eigenvalue weighted by molar-refractivity contribution is 5.75. The molecule has 1 aromatic rings. The Hall–Kier alpha value is -1.63. The lowest BCUT2D eigenvalue weighted by atomic mass is 10.2. The van der Waals surface area contributed by atoms with Crippen molar-refractivity contribution in [2.45, 2.75) is 25.5 Å². The fraction of sp³-hybridized carbons (Fsp3) is 0.462. The second-order valence-corrected chi connectivity index (χ2v) is 4.16. The van der Waals surface area contributed by atoms with Crippen LogP contribution < -0.4 is 15.2 Å². The van der Waals surface area contributed by atoms with Gasteiger partial charge in [0.15, 0.2) is 6.10 Å². The summed E-state index contributed by atoms with van der Waals surface area (Å²) in [6, 6.07) is 7.18. The van der Waals surface area contributed by atoms with Gasteiger partial charge >= 0.3 is 5.97 Å². The number of rotatable bonds is 4. The van der Waals surface area contributed by atoms with Crippen LogP contribution in [0.3, 0.4) is 0 Å². The molecule has 1 aromatic carbocycles. The molecule has 0 saturated carbocycles. The van der Waals surface area contributed by atoms with Crippen molar-refractivity contribution in [3.8, 4) is 5.75 Å². The first-order valence-corrected chi connectivity index (χ1v) is 6.12. The molecule has 6 nitrogen and oxygen atoms in total. The number of carbonyl (C=O) groups excluding carboxylic acids is 1. The molecule has 1 saturated heterocycles. The molecule has 6 heteroatoms. The van der Waals surface area contributed by atoms with Crippen LogP contribution in [0.15, 0.2) is 24.3 Å². The van der Waals surface area contributed by atoms with Gasteiger partial charge in [-0.1, -0.05) is 0 Å². The maximum absolute atomic E-state index is 11.8. The molecule has 104 valence electrons. The number of quaternary nitrogens is 1. The van der Waals surface area contributed by atoms with E-state index in [0.717, 1.165) is 11.3 Å². The summed E-state index contributed by atoms with van der Waals surface area (Å²) in [6.07, 6.45) is -2.75. The molecule has 3 atom stereocenters. The molecule has 0 spiro atoms. The standard InChI is InChI=1S/C13H16NO5/c1-3-18-13(16)10-11(15)14-12(19-10)8-4-6-9(17-2)7-5-8/h4-7,10-12,14H,3H2,1-2H3/q-1/p+1. The zero-order chi connectivity index (χ0) is 13.8. The zero-order valence-corrected chi connectivity index (χ0v) is 10.9. The smallest absolute Gasteiger partial charge is 0.340 e. The first-order valence-electron chi connectivity index (χ1n) is 6.12. The summed E-state index contributed by atoms with van der Waals surface area (Å²) in [7, 11) is 1.58. The van der Waals surface area contributed by atoms with E-state index in [2.05, 4.69) is 0 Å². The third kappa shape index (κ3) is 3.04. The third-order valence-electron chi connectivity index (χ3n) is 2.92. The molecule has 2 rings (SSSR count). The summed E-state index contributed by atoms with van der Waals surface area (Å²) < 4.78 is 15.3. The molecular weight excluding hydrogens is 250 g/mol. The summed E-state index contributed by atoms with van der Waals surface area (Å²) in [5.74, 6) is 0.122. The number of hydrogen-bond acceptors (Lipinski definition) is 5. The quantitative estimate of drug-likeness (QED) is 0.700. The molecule has 1 aliphatic heterocycles. The van der Waals surface area contributed by atoms with Gasteiger partial charge in [-0.3, -0.25) is 0 Å². The highest BCUT2D eigenvalue weighted by atomic mass is 16.6. The van der Waals surface area contributed by atoms with Crippen molar-refractivity contribution < 1.29 is 29.4 Å². The second-order valence-electron chi connectivity index (χ2n) is 4.16. The molecule has 3 unspecified atom stereocenters. The summed E-state index contributed by atoms with van der Waals surface area (Å²) in [6.45, 7) is 1.93. The van der Waals surface area contributed by atoms with Gasteiger partial charge in [0.25, 0.3) is 0 Å². The predicted molar refractivity (Wildman–Crippen MR) is 63.0 cm³/mol. The molecule has 2 N–H and O–H groups in total. The topological polar surface area (TPSA) is 84.4 Å². The van der Waals surface area contributed by atoms with E-state index in [9.17, 15) is 9.90 Å². The number of hydrogen-bond donors (Lipinski definition) is 1. The molecule has 0 aromatic heterocycles. The predicted octanol–water partition coefficient (Wildman–Crippen LogP) is -1.09. The van der Waals surface area contributed by atoms with Crippen molar-refractivity contribution in [3.05, 3.63) is 29.8 Å². The van der Waals surface area contributed by atoms with Crippen LogP contribution in [0, 0.1) is 0 Å². The normalized spacial score (nSPS) is 26.2. The number of benzene rings is 1. The van der Waals surface area contributed by atoms with E-state index in [1.807, 2.05) is 0 Å². The lowest BCUT2D eigenvalue weighted by Crippen LogP contribution is -2.92. The largest absolute Gasteiger partial charge is 0.804 e. The number of carbonyl (C=O) groups is 1. The Balaban J connectivity index is 2.05. The summed E-state index contributed by atoms with van der Waals surface area (Å²) >= 11 is 0. The Bertz CT molecular complexity index is 433. The fourth-order valence-corrected chi connectivity index (χ4v) is 1.95. The minimum atomic E-state index is -1.20. The molecule has 1 aliphatic rings. The molecule has 19 heavy (non-hydrogen) atoms. The van der Waals surface area contributed by atoms with Gasteiger partial charge in [0.2, 0.25) is 6.23 Å². The van der Waals surface area contributed by atoms with Crippen LogP contribution in [0.2, 0.25) is 0 Å². The van der Waals surface area contributed by atoms with Crippen molar-refractivity contribution in [2.24, 2.45) is 0 Å². The highest BCUT2D eigenvalue weighted by Gasteiger charge is 2.38. The van der Waals surface area contributed by atoms with Crippen LogP contribution >= 0.6 is 0 Å². The van der Waals surface area contributed by atoms with Crippen LogP contribution in [-0.2, 0) is 14.3 Å². The van der Waals surface area contributed by atoms with Gasteiger partial charge in [0.1, 0.15) is 5.75 Å². The zero-order valence-electron chi connectivity index (χ0n) is 10.9. The Kier molecular flexibility index (Phi) is 4.36. The average molecular weight is 267 g/mol. The van der Waals surface area contributed by atoms with E-state index < -0.39 is 24.5 Å². The molecule has 0 radical (unpaired) electrons. The maximum atomic E-state index is 11.8. The molecule has 0 bridgehead atoms. The van der Waals surface area contributed by atoms with Gasteiger partial charge in [0.05, 0.1) is 19.9 Å². The SMILES string of the molecule is CCOC(=O)C1OC(c2ccc(OC)cc2)[NH2+]C1[O-]. The average Bonchev–Trinajstić information content (AvgIpc) is 2.81. The van der Waals surface area contributed by atoms with Gasteiger partial charge in [0, 0.05) is 5.56 Å². The second kappa shape index (κ2) is 6.01. The molecule has 1 fully saturated rings. The van der Waals surface area contributed by atoms with Crippen molar-refractivity contribution in [3.63, 3.8) is 0 Å². The summed E-state index contributed by atoms with van der Waals surface area (Å²) in [5.41, 5.74) is 0.813. The van der Waals surface area contributed by atoms with Gasteiger partial charge in [-0.05, 0) is 31.2 Å². The van der Waals surface area contributed by atoms with Gasteiger partial charge < -0.3 is 24.6 Å². The summed E-state index contributed by atoms with van der Waals surface area (Å²) in [4.78, 5) is 11.5. The minimum absolute atomic E-state index is 0.235. The number of ether oxygens (including phenoxy) is 3. The minimum Gasteiger partial charge on any atom is -0.804 e. The number of esters is 1. The monoisotopic (exact) mass is 267 g/mol. The molecular formula is C13H17NO5. The van der Waals surface area contributed by atoms with Gasteiger partial charge in [-0.25, -0.2) is 4.79 Å². The summed E-state index contributed by atoms with van der Waals surface area (Å²) in [5, 5.41) is 13.3. The number of nitrogens with two attached hydrogens (primary N) is 1. The van der Waals surface area contributed by atoms with Crippen LogP contribution in [0.5, 0.6) is 5.75 Å². The van der Waals surface area contributed by atoms with Crippen LogP contribution in [0.25, 0.3) is 0 Å². The lowest BCUT2D eigenvalue weighted by Gasteiger charge is -2.16. The van der Waals surface area contributed by atoms with Crippen LogP contribution in [0.1, 0.15) is 18.7 Å². The van der Waals surface area contributed by atoms with Crippen LogP contribution in [-0.4, -0.2) is 32.0 Å². The van der Waals surface area contributed by atoms with Crippen molar-refractivity contribution >= 4 is 5.97 Å². The van der Waals surface area contributed by atoms with E-state index in [0.29, 0.717) is 0 Å². The van der Waals surface area contributed by atoms with E-state index in [1.165, 1.54) is 5.32 Å². The first kappa shape index (κ1) is 13.8. The Labute approximate surface area is 111 Å². The van der Waals surface area contributed by atoms with Crippen molar-refractivity contribution in [2.75, 3.05) is 13.7 Å². The highest BCUT2D eigenvalue weighted by Crippen LogP contribution is 2.20. The Morgan fingerprint density at radius 2 is 2.11 bits per heavy atom. The van der Waals surface area contributed by atoms with E-state index in [1.54, 1.807) is 38.3 Å². The fourth-order valence-electron chi connectivity index (χ4n) is 1.95. The van der Waals surface area contributed by atoms with E-state index in [-0.39, 0.29) is 6.61 Å². The Morgan fingerprint density at radius 3 is 2.68 bits per heavy atom. The molecule has 1 heterocycles.